The third kappa shape index (κ3) is 5.99. The molecule has 0 aliphatic heterocycles. The first-order valence-corrected chi connectivity index (χ1v) is 6.30. The van der Waals surface area contributed by atoms with Crippen LogP contribution in [0, 0.1) is 0 Å². The molecule has 0 saturated heterocycles. The van der Waals surface area contributed by atoms with Gasteiger partial charge in [-0.2, -0.15) is 0 Å². The molecule has 0 saturated carbocycles. The molecule has 1 rings (SSSR count). The van der Waals surface area contributed by atoms with E-state index < -0.39 is 17.7 Å². The SMILES string of the molecule is COc1ccc(/C=C\C(=O)O)c(NC(=O)OC(C)(C)C)c1. The molecule has 0 spiro atoms. The Bertz CT molecular complexity index is 558. The first-order chi connectivity index (χ1) is 9.71. The van der Waals surface area contributed by atoms with E-state index in [4.69, 9.17) is 14.6 Å². The molecule has 0 aromatic heterocycles. The standard InChI is InChI=1S/C15H19NO5/c1-15(2,3)21-14(19)16-12-9-11(20-4)7-5-10(12)6-8-13(17)18/h5-9H,1-4H3,(H,16,19)(H,17,18)/b8-6-. The molecule has 114 valence electrons. The van der Waals surface area contributed by atoms with Crippen molar-refractivity contribution < 1.29 is 24.2 Å². The molecule has 0 aliphatic rings. The largest absolute Gasteiger partial charge is 0.497 e. The van der Waals surface area contributed by atoms with Crippen molar-refractivity contribution in [3.8, 4) is 5.75 Å². The molecule has 0 radical (unpaired) electrons. The molecule has 0 atom stereocenters. The average Bonchev–Trinajstić information content (AvgIpc) is 2.34. The van der Waals surface area contributed by atoms with Gasteiger partial charge in [0.2, 0.25) is 0 Å². The lowest BCUT2D eigenvalue weighted by Gasteiger charge is -2.20. The number of carbonyl (C=O) groups is 2. The Balaban J connectivity index is 3.01. The maximum atomic E-state index is 11.8. The zero-order chi connectivity index (χ0) is 16.0. The molecule has 6 nitrogen and oxygen atoms in total. The van der Waals surface area contributed by atoms with Crippen molar-refractivity contribution in [2.75, 3.05) is 12.4 Å². The van der Waals surface area contributed by atoms with Gasteiger partial charge in [0.25, 0.3) is 0 Å². The fourth-order valence-corrected chi connectivity index (χ4v) is 1.49. The Hall–Kier alpha value is -2.50. The van der Waals surface area contributed by atoms with Crippen LogP contribution in [-0.2, 0) is 9.53 Å². The highest BCUT2D eigenvalue weighted by Crippen LogP contribution is 2.24. The number of carbonyl (C=O) groups excluding carboxylic acids is 1. The van der Waals surface area contributed by atoms with Crippen LogP contribution in [0.1, 0.15) is 26.3 Å². The average molecular weight is 293 g/mol. The van der Waals surface area contributed by atoms with Crippen LogP contribution in [0.2, 0.25) is 0 Å². The number of aliphatic carboxylic acids is 1. The van der Waals surface area contributed by atoms with Crippen LogP contribution in [0.25, 0.3) is 6.08 Å². The summed E-state index contributed by atoms with van der Waals surface area (Å²) in [7, 11) is 1.50. The fourth-order valence-electron chi connectivity index (χ4n) is 1.49. The summed E-state index contributed by atoms with van der Waals surface area (Å²) in [4.78, 5) is 22.4. The smallest absolute Gasteiger partial charge is 0.412 e. The van der Waals surface area contributed by atoms with Crippen molar-refractivity contribution in [2.24, 2.45) is 0 Å². The van der Waals surface area contributed by atoms with Crippen molar-refractivity contribution in [2.45, 2.75) is 26.4 Å². The molecule has 0 bridgehead atoms. The van der Waals surface area contributed by atoms with Gasteiger partial charge in [0.1, 0.15) is 11.4 Å². The first kappa shape index (κ1) is 16.6. The summed E-state index contributed by atoms with van der Waals surface area (Å²) in [5, 5.41) is 11.3. The molecule has 0 fully saturated rings. The highest BCUT2D eigenvalue weighted by molar-refractivity contribution is 5.91. The van der Waals surface area contributed by atoms with Gasteiger partial charge in [-0.05, 0) is 44.5 Å². The molecule has 0 heterocycles. The van der Waals surface area contributed by atoms with Gasteiger partial charge < -0.3 is 14.6 Å². The molecule has 6 heteroatoms. The van der Waals surface area contributed by atoms with Gasteiger partial charge in [-0.3, -0.25) is 5.32 Å². The van der Waals surface area contributed by atoms with E-state index in [0.717, 1.165) is 6.08 Å². The molecule has 0 unspecified atom stereocenters. The van der Waals surface area contributed by atoms with Gasteiger partial charge in [-0.1, -0.05) is 0 Å². The number of anilines is 1. The molecule has 21 heavy (non-hydrogen) atoms. The van der Waals surface area contributed by atoms with Gasteiger partial charge in [0, 0.05) is 12.1 Å². The number of hydrogen-bond acceptors (Lipinski definition) is 4. The van der Waals surface area contributed by atoms with Crippen molar-refractivity contribution in [1.82, 2.24) is 0 Å². The third-order valence-electron chi connectivity index (χ3n) is 2.30. The van der Waals surface area contributed by atoms with Crippen LogP contribution in [-0.4, -0.2) is 29.9 Å². The highest BCUT2D eigenvalue weighted by atomic mass is 16.6. The minimum atomic E-state index is -1.07. The topological polar surface area (TPSA) is 84.9 Å². The number of ether oxygens (including phenoxy) is 2. The number of methoxy groups -OCH3 is 1. The summed E-state index contributed by atoms with van der Waals surface area (Å²) >= 11 is 0. The van der Waals surface area contributed by atoms with Crippen molar-refractivity contribution in [3.05, 3.63) is 29.8 Å². The maximum absolute atomic E-state index is 11.8. The fraction of sp³-hybridized carbons (Fsp3) is 0.333. The summed E-state index contributed by atoms with van der Waals surface area (Å²) < 4.78 is 10.2. The van der Waals surface area contributed by atoms with Crippen LogP contribution in [0.15, 0.2) is 24.3 Å². The maximum Gasteiger partial charge on any atom is 0.412 e. The lowest BCUT2D eigenvalue weighted by atomic mass is 10.1. The van der Waals surface area contributed by atoms with E-state index in [1.807, 2.05) is 0 Å². The second-order valence-electron chi connectivity index (χ2n) is 5.25. The molecule has 0 aliphatic carbocycles. The number of carboxylic acid groups (broad SMARTS) is 1. The lowest BCUT2D eigenvalue weighted by Crippen LogP contribution is -2.27. The van der Waals surface area contributed by atoms with E-state index >= 15 is 0 Å². The lowest BCUT2D eigenvalue weighted by molar-refractivity contribution is -0.131. The summed E-state index contributed by atoms with van der Waals surface area (Å²) in [5.74, 6) is -0.539. The van der Waals surface area contributed by atoms with Crippen LogP contribution in [0.4, 0.5) is 10.5 Å². The van der Waals surface area contributed by atoms with Crippen LogP contribution in [0.5, 0.6) is 5.75 Å². The van der Waals surface area contributed by atoms with Crippen molar-refractivity contribution in [3.63, 3.8) is 0 Å². The second-order valence-corrected chi connectivity index (χ2v) is 5.25. The molecular weight excluding hydrogens is 274 g/mol. The minimum Gasteiger partial charge on any atom is -0.497 e. The van der Waals surface area contributed by atoms with E-state index in [1.54, 1.807) is 39.0 Å². The van der Waals surface area contributed by atoms with Crippen molar-refractivity contribution in [1.29, 1.82) is 0 Å². The van der Waals surface area contributed by atoms with Gasteiger partial charge in [0.05, 0.1) is 12.8 Å². The Morgan fingerprint density at radius 1 is 1.29 bits per heavy atom. The number of hydrogen-bond donors (Lipinski definition) is 2. The predicted octanol–water partition coefficient (Wildman–Crippen LogP) is 3.14. The summed E-state index contributed by atoms with van der Waals surface area (Å²) in [6.45, 7) is 5.26. The minimum absolute atomic E-state index is 0.404. The highest BCUT2D eigenvalue weighted by Gasteiger charge is 2.17. The van der Waals surface area contributed by atoms with Gasteiger partial charge >= 0.3 is 12.1 Å². The quantitative estimate of drug-likeness (QED) is 0.833. The number of benzene rings is 1. The van der Waals surface area contributed by atoms with Crippen LogP contribution >= 0.6 is 0 Å². The first-order valence-electron chi connectivity index (χ1n) is 6.30. The molecule has 1 amide bonds. The number of nitrogens with one attached hydrogen (secondary N) is 1. The van der Waals surface area contributed by atoms with Crippen molar-refractivity contribution >= 4 is 23.8 Å². The summed E-state index contributed by atoms with van der Waals surface area (Å²) in [5.41, 5.74) is 0.310. The monoisotopic (exact) mass is 293 g/mol. The molecular formula is C15H19NO5. The van der Waals surface area contributed by atoms with Gasteiger partial charge in [-0.15, -0.1) is 0 Å². The second kappa shape index (κ2) is 6.78. The summed E-state index contributed by atoms with van der Waals surface area (Å²) in [6, 6.07) is 4.90. The van der Waals surface area contributed by atoms with Crippen LogP contribution < -0.4 is 10.1 Å². The van der Waals surface area contributed by atoms with Crippen LogP contribution in [0.3, 0.4) is 0 Å². The molecule has 1 aromatic carbocycles. The Kier molecular flexibility index (Phi) is 5.35. The predicted molar refractivity (Wildman–Crippen MR) is 79.5 cm³/mol. The number of rotatable bonds is 4. The van der Waals surface area contributed by atoms with Gasteiger partial charge in [-0.25, -0.2) is 9.59 Å². The summed E-state index contributed by atoms with van der Waals surface area (Å²) in [6.07, 6.45) is 1.75. The number of amides is 1. The Morgan fingerprint density at radius 3 is 2.48 bits per heavy atom. The zero-order valence-corrected chi connectivity index (χ0v) is 12.5. The van der Waals surface area contributed by atoms with E-state index in [9.17, 15) is 9.59 Å². The van der Waals surface area contributed by atoms with Gasteiger partial charge in [0.15, 0.2) is 0 Å². The molecule has 2 N–H and O–H groups in total. The zero-order valence-electron chi connectivity index (χ0n) is 12.5. The van der Waals surface area contributed by atoms with E-state index in [-0.39, 0.29) is 0 Å². The normalized spacial score (nSPS) is 11.2. The Labute approximate surface area is 123 Å². The van der Waals surface area contributed by atoms with E-state index in [2.05, 4.69) is 5.32 Å². The Morgan fingerprint density at radius 2 is 1.95 bits per heavy atom. The van der Waals surface area contributed by atoms with E-state index in [0.29, 0.717) is 17.0 Å². The number of carboxylic acids is 1. The molecule has 1 aromatic rings. The van der Waals surface area contributed by atoms with E-state index in [1.165, 1.54) is 13.2 Å². The third-order valence-corrected chi connectivity index (χ3v) is 2.30.